The number of benzene rings is 1. The molecule has 5 nitrogen and oxygen atoms in total. The molecule has 0 amide bonds. The van der Waals surface area contributed by atoms with Crippen LogP contribution < -0.4 is 5.32 Å². The van der Waals surface area contributed by atoms with Crippen molar-refractivity contribution in [1.82, 2.24) is 0 Å². The molecule has 0 radical (unpaired) electrons. The number of hydrogen-bond donors (Lipinski definition) is 2. The van der Waals surface area contributed by atoms with Crippen molar-refractivity contribution in [2.24, 2.45) is 5.92 Å². The number of aliphatic hydroxyl groups is 1. The molecule has 0 aromatic heterocycles. The molecule has 1 aromatic rings. The summed E-state index contributed by atoms with van der Waals surface area (Å²) in [6, 6.07) is 1.65. The number of aliphatic hydroxyl groups excluding tert-OH is 1. The average molecular weight is 274 g/mol. The Balaban J connectivity index is 2.92. The van der Waals surface area contributed by atoms with Crippen molar-refractivity contribution in [3.05, 3.63) is 33.9 Å². The van der Waals surface area contributed by atoms with Crippen LogP contribution in [0.4, 0.5) is 20.2 Å². The minimum Gasteiger partial charge on any atom is -0.396 e. The summed E-state index contributed by atoms with van der Waals surface area (Å²) in [5.41, 5.74) is -0.945. The first kappa shape index (κ1) is 15.3. The Kier molecular flexibility index (Phi) is 5.62. The Bertz CT molecular complexity index is 455. The summed E-state index contributed by atoms with van der Waals surface area (Å²) >= 11 is 0. The van der Waals surface area contributed by atoms with Gasteiger partial charge >= 0.3 is 0 Å². The molecule has 1 unspecified atom stereocenters. The molecule has 1 atom stereocenters. The Morgan fingerprint density at radius 1 is 1.47 bits per heavy atom. The molecule has 0 saturated heterocycles. The third-order valence-electron chi connectivity index (χ3n) is 2.95. The van der Waals surface area contributed by atoms with E-state index in [1.807, 2.05) is 6.92 Å². The molecule has 0 bridgehead atoms. The van der Waals surface area contributed by atoms with Gasteiger partial charge in [-0.15, -0.1) is 0 Å². The standard InChI is InChI=1S/C12H16F2N2O3/c1-2-8(5-6-17)7-15-12-10(16(18)19)4-3-9(13)11(12)14/h3-4,8,15,17H,2,5-7H2,1H3. The second kappa shape index (κ2) is 6.98. The van der Waals surface area contributed by atoms with Gasteiger partial charge in [0.25, 0.3) is 5.69 Å². The molecule has 2 N–H and O–H groups in total. The molecular formula is C12H16F2N2O3. The lowest BCUT2D eigenvalue weighted by Gasteiger charge is -2.15. The van der Waals surface area contributed by atoms with Crippen LogP contribution in [-0.4, -0.2) is 23.2 Å². The van der Waals surface area contributed by atoms with E-state index in [-0.39, 0.29) is 19.1 Å². The second-order valence-corrected chi connectivity index (χ2v) is 4.18. The maximum atomic E-state index is 13.6. The predicted molar refractivity (Wildman–Crippen MR) is 67.0 cm³/mol. The van der Waals surface area contributed by atoms with Crippen LogP contribution in [0.5, 0.6) is 0 Å². The minimum absolute atomic E-state index is 0.0199. The Morgan fingerprint density at radius 3 is 2.68 bits per heavy atom. The van der Waals surface area contributed by atoms with E-state index in [0.29, 0.717) is 6.42 Å². The van der Waals surface area contributed by atoms with Crippen LogP contribution >= 0.6 is 0 Å². The van der Waals surface area contributed by atoms with Gasteiger partial charge in [0.2, 0.25) is 0 Å². The number of nitrogens with one attached hydrogen (secondary N) is 1. The maximum Gasteiger partial charge on any atom is 0.295 e. The number of nitro benzene ring substituents is 1. The summed E-state index contributed by atoms with van der Waals surface area (Å²) in [5.74, 6) is -2.36. The molecule has 19 heavy (non-hydrogen) atoms. The van der Waals surface area contributed by atoms with Gasteiger partial charge in [0.15, 0.2) is 17.3 Å². The van der Waals surface area contributed by atoms with E-state index in [1.165, 1.54) is 0 Å². The number of nitrogens with zero attached hydrogens (tertiary/aromatic N) is 1. The van der Waals surface area contributed by atoms with Crippen molar-refractivity contribution >= 4 is 11.4 Å². The molecule has 7 heteroatoms. The number of hydrogen-bond acceptors (Lipinski definition) is 4. The van der Waals surface area contributed by atoms with Crippen molar-refractivity contribution in [3.63, 3.8) is 0 Å². The summed E-state index contributed by atoms with van der Waals surface area (Å²) in [6.45, 7) is 2.10. The zero-order valence-corrected chi connectivity index (χ0v) is 10.5. The lowest BCUT2D eigenvalue weighted by molar-refractivity contribution is -0.384. The van der Waals surface area contributed by atoms with Crippen LogP contribution in [0.2, 0.25) is 0 Å². The van der Waals surface area contributed by atoms with E-state index in [0.717, 1.165) is 18.6 Å². The molecule has 1 aromatic carbocycles. The first-order valence-corrected chi connectivity index (χ1v) is 5.98. The first-order valence-electron chi connectivity index (χ1n) is 5.98. The SMILES string of the molecule is CCC(CCO)CNc1c([N+](=O)[O-])ccc(F)c1F. The molecule has 0 aliphatic heterocycles. The lowest BCUT2D eigenvalue weighted by Crippen LogP contribution is -2.17. The van der Waals surface area contributed by atoms with E-state index < -0.39 is 27.9 Å². The summed E-state index contributed by atoms with van der Waals surface area (Å²) in [6.07, 6.45) is 1.21. The van der Waals surface area contributed by atoms with Crippen molar-refractivity contribution in [1.29, 1.82) is 0 Å². The summed E-state index contributed by atoms with van der Waals surface area (Å²) in [5, 5.41) is 22.2. The fraction of sp³-hybridized carbons (Fsp3) is 0.500. The van der Waals surface area contributed by atoms with Crippen molar-refractivity contribution in [2.75, 3.05) is 18.5 Å². The molecule has 0 spiro atoms. The minimum atomic E-state index is -1.26. The zero-order valence-electron chi connectivity index (χ0n) is 10.5. The maximum absolute atomic E-state index is 13.6. The smallest absolute Gasteiger partial charge is 0.295 e. The van der Waals surface area contributed by atoms with Gasteiger partial charge in [-0.1, -0.05) is 13.3 Å². The van der Waals surface area contributed by atoms with Gasteiger partial charge in [-0.05, 0) is 18.4 Å². The monoisotopic (exact) mass is 274 g/mol. The van der Waals surface area contributed by atoms with Crippen molar-refractivity contribution < 1.29 is 18.8 Å². The highest BCUT2D eigenvalue weighted by molar-refractivity contribution is 5.62. The molecule has 0 aliphatic rings. The molecule has 0 aliphatic carbocycles. The van der Waals surface area contributed by atoms with Crippen LogP contribution in [0.3, 0.4) is 0 Å². The third kappa shape index (κ3) is 3.85. The fourth-order valence-corrected chi connectivity index (χ4v) is 1.74. The Labute approximate surface area is 109 Å². The predicted octanol–water partition coefficient (Wildman–Crippen LogP) is 2.69. The summed E-state index contributed by atoms with van der Waals surface area (Å²) < 4.78 is 26.7. The molecular weight excluding hydrogens is 258 g/mol. The van der Waals surface area contributed by atoms with Gasteiger partial charge in [0, 0.05) is 19.2 Å². The highest BCUT2D eigenvalue weighted by atomic mass is 19.2. The van der Waals surface area contributed by atoms with Gasteiger partial charge in [-0.3, -0.25) is 10.1 Å². The van der Waals surface area contributed by atoms with Gasteiger partial charge < -0.3 is 10.4 Å². The fourth-order valence-electron chi connectivity index (χ4n) is 1.74. The molecule has 0 saturated carbocycles. The zero-order chi connectivity index (χ0) is 14.4. The number of rotatable bonds is 7. The Morgan fingerprint density at radius 2 is 2.16 bits per heavy atom. The van der Waals surface area contributed by atoms with Crippen molar-refractivity contribution in [3.8, 4) is 0 Å². The number of anilines is 1. The van der Waals surface area contributed by atoms with E-state index in [9.17, 15) is 18.9 Å². The molecule has 106 valence electrons. The molecule has 0 fully saturated rings. The molecule has 1 rings (SSSR count). The van der Waals surface area contributed by atoms with Gasteiger partial charge in [-0.2, -0.15) is 0 Å². The first-order chi connectivity index (χ1) is 9.01. The van der Waals surface area contributed by atoms with Crippen molar-refractivity contribution in [2.45, 2.75) is 19.8 Å². The summed E-state index contributed by atoms with van der Waals surface area (Å²) in [7, 11) is 0. The van der Waals surface area contributed by atoms with Gasteiger partial charge in [-0.25, -0.2) is 8.78 Å². The van der Waals surface area contributed by atoms with E-state index in [1.54, 1.807) is 0 Å². The van der Waals surface area contributed by atoms with E-state index in [4.69, 9.17) is 5.11 Å². The number of nitro groups is 1. The molecule has 0 heterocycles. The topological polar surface area (TPSA) is 75.4 Å². The van der Waals surface area contributed by atoms with Crippen LogP contribution in [0.25, 0.3) is 0 Å². The van der Waals surface area contributed by atoms with E-state index in [2.05, 4.69) is 5.32 Å². The van der Waals surface area contributed by atoms with Crippen LogP contribution in [-0.2, 0) is 0 Å². The Hall–Kier alpha value is -1.76. The highest BCUT2D eigenvalue weighted by Gasteiger charge is 2.22. The van der Waals surface area contributed by atoms with Crippen LogP contribution in [0.15, 0.2) is 12.1 Å². The highest BCUT2D eigenvalue weighted by Crippen LogP contribution is 2.29. The third-order valence-corrected chi connectivity index (χ3v) is 2.95. The normalized spacial score (nSPS) is 12.2. The lowest BCUT2D eigenvalue weighted by atomic mass is 10.0. The largest absolute Gasteiger partial charge is 0.396 e. The quantitative estimate of drug-likeness (QED) is 0.592. The van der Waals surface area contributed by atoms with Gasteiger partial charge in [0.1, 0.15) is 0 Å². The summed E-state index contributed by atoms with van der Waals surface area (Å²) in [4.78, 5) is 10.00. The average Bonchev–Trinajstić information content (AvgIpc) is 2.38. The van der Waals surface area contributed by atoms with Crippen LogP contribution in [0.1, 0.15) is 19.8 Å². The second-order valence-electron chi connectivity index (χ2n) is 4.18. The van der Waals surface area contributed by atoms with E-state index >= 15 is 0 Å². The van der Waals surface area contributed by atoms with Crippen LogP contribution in [0, 0.1) is 27.7 Å². The number of halogens is 2. The van der Waals surface area contributed by atoms with Gasteiger partial charge in [0.05, 0.1) is 4.92 Å².